The summed E-state index contributed by atoms with van der Waals surface area (Å²) >= 11 is 0. The molecule has 0 unspecified atom stereocenters. The van der Waals surface area contributed by atoms with Crippen molar-refractivity contribution in [3.8, 4) is 0 Å². The van der Waals surface area contributed by atoms with Crippen LogP contribution in [0.25, 0.3) is 0 Å². The van der Waals surface area contributed by atoms with Crippen LogP contribution in [0.3, 0.4) is 0 Å². The van der Waals surface area contributed by atoms with Crippen molar-refractivity contribution in [3.63, 3.8) is 0 Å². The van der Waals surface area contributed by atoms with E-state index in [2.05, 4.69) is 20.7 Å². The average molecular weight is 495 g/mol. The van der Waals surface area contributed by atoms with Crippen LogP contribution in [0.1, 0.15) is 35.3 Å². The van der Waals surface area contributed by atoms with E-state index in [4.69, 9.17) is 0 Å². The van der Waals surface area contributed by atoms with Crippen molar-refractivity contribution < 1.29 is 22.8 Å². The number of benzene rings is 3. The van der Waals surface area contributed by atoms with E-state index in [9.17, 15) is 22.8 Å². The van der Waals surface area contributed by atoms with Gasteiger partial charge in [0, 0.05) is 31.6 Å². The Balaban J connectivity index is 1.64. The first kappa shape index (κ1) is 25.6. The van der Waals surface area contributed by atoms with Crippen LogP contribution < -0.4 is 20.7 Å². The van der Waals surface area contributed by atoms with Crippen LogP contribution in [0.15, 0.2) is 71.6 Å². The Labute approximate surface area is 204 Å². The molecule has 4 N–H and O–H groups in total. The molecule has 0 heterocycles. The predicted octanol–water partition coefficient (Wildman–Crippen LogP) is 3.64. The van der Waals surface area contributed by atoms with Crippen LogP contribution in [-0.2, 0) is 26.2 Å². The van der Waals surface area contributed by atoms with Crippen molar-refractivity contribution in [3.05, 3.63) is 83.4 Å². The Bertz CT molecular complexity index is 1350. The standard InChI is InChI=1S/C25H26N4O5S/c1-16-4-13-23(28-18(3)31)24(14-16)29-25(32)20-7-5-19(6-8-20)15-26-35(33,34)22-11-9-21(10-12-22)27-17(2)30/h4-14,26H,15H2,1-3H3,(H,27,30)(H,28,31)(H,29,32). The number of carbonyl (C=O) groups excluding carboxylic acids is 3. The number of rotatable bonds is 8. The van der Waals surface area contributed by atoms with Gasteiger partial charge in [-0.05, 0) is 66.6 Å². The third kappa shape index (κ3) is 7.23. The van der Waals surface area contributed by atoms with Gasteiger partial charge in [0.1, 0.15) is 0 Å². The monoisotopic (exact) mass is 494 g/mol. The van der Waals surface area contributed by atoms with Crippen LogP contribution in [0.2, 0.25) is 0 Å². The zero-order valence-corrected chi connectivity index (χ0v) is 20.3. The van der Waals surface area contributed by atoms with Gasteiger partial charge in [0.05, 0.1) is 16.3 Å². The fourth-order valence-corrected chi connectivity index (χ4v) is 4.23. The molecule has 3 rings (SSSR count). The summed E-state index contributed by atoms with van der Waals surface area (Å²) in [5, 5.41) is 8.06. The van der Waals surface area contributed by atoms with Crippen LogP contribution >= 0.6 is 0 Å². The van der Waals surface area contributed by atoms with Gasteiger partial charge in [0.15, 0.2) is 0 Å². The molecule has 0 aliphatic heterocycles. The summed E-state index contributed by atoms with van der Waals surface area (Å²) in [5.41, 5.74) is 3.43. The van der Waals surface area contributed by atoms with Crippen molar-refractivity contribution in [2.75, 3.05) is 16.0 Å². The molecule has 0 aromatic heterocycles. The minimum Gasteiger partial charge on any atom is -0.326 e. The minimum absolute atomic E-state index is 0.0300. The number of sulfonamides is 1. The molecule has 0 aliphatic rings. The molecule has 0 fully saturated rings. The van der Waals surface area contributed by atoms with Crippen LogP contribution in [0.5, 0.6) is 0 Å². The van der Waals surface area contributed by atoms with E-state index in [-0.39, 0.29) is 29.2 Å². The van der Waals surface area contributed by atoms with E-state index in [1.165, 1.54) is 38.1 Å². The quantitative estimate of drug-likeness (QED) is 0.379. The summed E-state index contributed by atoms with van der Waals surface area (Å²) in [6, 6.07) is 17.6. The molecule has 0 spiro atoms. The first-order chi connectivity index (χ1) is 16.5. The lowest BCUT2D eigenvalue weighted by atomic mass is 10.1. The molecular formula is C25H26N4O5S. The zero-order chi connectivity index (χ0) is 25.6. The van der Waals surface area contributed by atoms with Gasteiger partial charge >= 0.3 is 0 Å². The molecule has 0 aliphatic carbocycles. The lowest BCUT2D eigenvalue weighted by Gasteiger charge is -2.13. The van der Waals surface area contributed by atoms with Crippen molar-refractivity contribution in [2.24, 2.45) is 0 Å². The second kappa shape index (κ2) is 10.9. The second-order valence-electron chi connectivity index (χ2n) is 7.91. The lowest BCUT2D eigenvalue weighted by molar-refractivity contribution is -0.115. The molecule has 0 atom stereocenters. The molecule has 9 nitrogen and oxygen atoms in total. The second-order valence-corrected chi connectivity index (χ2v) is 9.68. The Hall–Kier alpha value is -4.02. The average Bonchev–Trinajstić information content (AvgIpc) is 2.79. The van der Waals surface area contributed by atoms with Crippen molar-refractivity contribution in [1.29, 1.82) is 0 Å². The summed E-state index contributed by atoms with van der Waals surface area (Å²) < 4.78 is 27.6. The number of amides is 3. The molecule has 182 valence electrons. The number of hydrogen-bond donors (Lipinski definition) is 4. The van der Waals surface area contributed by atoms with Crippen LogP contribution in [-0.4, -0.2) is 26.1 Å². The Morgan fingerprint density at radius 1 is 0.743 bits per heavy atom. The van der Waals surface area contributed by atoms with Gasteiger partial charge in [-0.3, -0.25) is 14.4 Å². The summed E-state index contributed by atoms with van der Waals surface area (Å²) in [6.45, 7) is 4.66. The SMILES string of the molecule is CC(=O)Nc1ccc(S(=O)(=O)NCc2ccc(C(=O)Nc3cc(C)ccc3NC(C)=O)cc2)cc1. The third-order valence-electron chi connectivity index (χ3n) is 4.90. The lowest BCUT2D eigenvalue weighted by Crippen LogP contribution is -2.23. The number of nitrogens with one attached hydrogen (secondary N) is 4. The number of hydrogen-bond acceptors (Lipinski definition) is 5. The van der Waals surface area contributed by atoms with Gasteiger partial charge < -0.3 is 16.0 Å². The summed E-state index contributed by atoms with van der Waals surface area (Å²) in [6.07, 6.45) is 0. The van der Waals surface area contributed by atoms with Crippen molar-refractivity contribution in [2.45, 2.75) is 32.2 Å². The Kier molecular flexibility index (Phi) is 8.00. The van der Waals surface area contributed by atoms with E-state index in [1.54, 1.807) is 36.4 Å². The predicted molar refractivity (Wildman–Crippen MR) is 135 cm³/mol. The highest BCUT2D eigenvalue weighted by molar-refractivity contribution is 7.89. The van der Waals surface area contributed by atoms with Gasteiger partial charge in [-0.25, -0.2) is 13.1 Å². The van der Waals surface area contributed by atoms with Crippen LogP contribution in [0.4, 0.5) is 17.1 Å². The molecule has 0 saturated heterocycles. The van der Waals surface area contributed by atoms with Gasteiger partial charge in [-0.1, -0.05) is 18.2 Å². The fourth-order valence-electron chi connectivity index (χ4n) is 3.21. The summed E-state index contributed by atoms with van der Waals surface area (Å²) in [4.78, 5) is 35.3. The molecule has 0 bridgehead atoms. The van der Waals surface area contributed by atoms with Crippen LogP contribution in [0, 0.1) is 6.92 Å². The van der Waals surface area contributed by atoms with E-state index in [1.807, 2.05) is 13.0 Å². The van der Waals surface area contributed by atoms with Gasteiger partial charge in [-0.15, -0.1) is 0 Å². The largest absolute Gasteiger partial charge is 0.326 e. The maximum Gasteiger partial charge on any atom is 0.255 e. The highest BCUT2D eigenvalue weighted by atomic mass is 32.2. The van der Waals surface area contributed by atoms with E-state index >= 15 is 0 Å². The topological polar surface area (TPSA) is 133 Å². The minimum atomic E-state index is -3.77. The Morgan fingerprint density at radius 3 is 1.97 bits per heavy atom. The molecule has 3 amide bonds. The zero-order valence-electron chi connectivity index (χ0n) is 19.5. The summed E-state index contributed by atoms with van der Waals surface area (Å²) in [5.74, 6) is -0.865. The van der Waals surface area contributed by atoms with Crippen molar-refractivity contribution in [1.82, 2.24) is 4.72 Å². The highest BCUT2D eigenvalue weighted by Crippen LogP contribution is 2.24. The van der Waals surface area contributed by atoms with E-state index < -0.39 is 10.0 Å². The molecule has 10 heteroatoms. The van der Waals surface area contributed by atoms with Gasteiger partial charge in [0.25, 0.3) is 5.91 Å². The smallest absolute Gasteiger partial charge is 0.255 e. The number of anilines is 3. The van der Waals surface area contributed by atoms with Crippen molar-refractivity contribution >= 4 is 44.8 Å². The fraction of sp³-hybridized carbons (Fsp3) is 0.160. The molecule has 3 aromatic rings. The number of carbonyl (C=O) groups is 3. The third-order valence-corrected chi connectivity index (χ3v) is 6.32. The molecule has 0 radical (unpaired) electrons. The summed E-state index contributed by atoms with van der Waals surface area (Å²) in [7, 11) is -3.77. The van der Waals surface area contributed by atoms with E-state index in [0.717, 1.165) is 5.56 Å². The first-order valence-electron chi connectivity index (χ1n) is 10.7. The molecule has 3 aromatic carbocycles. The maximum atomic E-state index is 12.7. The maximum absolute atomic E-state index is 12.7. The molecule has 0 saturated carbocycles. The van der Waals surface area contributed by atoms with Gasteiger partial charge in [0.2, 0.25) is 21.8 Å². The Morgan fingerprint density at radius 2 is 1.37 bits per heavy atom. The molecule has 35 heavy (non-hydrogen) atoms. The highest BCUT2D eigenvalue weighted by Gasteiger charge is 2.15. The first-order valence-corrected chi connectivity index (χ1v) is 12.2. The van der Waals surface area contributed by atoms with Gasteiger partial charge in [-0.2, -0.15) is 0 Å². The van der Waals surface area contributed by atoms with E-state index in [0.29, 0.717) is 28.2 Å². The normalized spacial score (nSPS) is 10.9. The number of aryl methyl sites for hydroxylation is 1. The molecular weight excluding hydrogens is 468 g/mol.